The van der Waals surface area contributed by atoms with Crippen molar-refractivity contribution in [2.45, 2.75) is 76.3 Å². The number of ether oxygens (including phenoxy) is 2. The Morgan fingerprint density at radius 1 is 1.02 bits per heavy atom. The minimum atomic E-state index is -2.90. The maximum Gasteiger partial charge on any atom is 0.319 e. The van der Waals surface area contributed by atoms with E-state index in [1.165, 1.54) is 30.5 Å². The third kappa shape index (κ3) is 6.14. The van der Waals surface area contributed by atoms with Gasteiger partial charge in [-0.25, -0.2) is 17.2 Å². The van der Waals surface area contributed by atoms with E-state index in [4.69, 9.17) is 25.9 Å². The Labute approximate surface area is 314 Å². The topological polar surface area (TPSA) is 118 Å². The van der Waals surface area contributed by atoms with E-state index < -0.39 is 21.5 Å². The van der Waals surface area contributed by atoms with E-state index in [1.807, 2.05) is 0 Å². The Kier molecular flexibility index (Phi) is 8.94. The van der Waals surface area contributed by atoms with Crippen LogP contribution in [-0.4, -0.2) is 96.4 Å². The number of pyridine rings is 1. The number of phenolic OH excluding ortho intramolecular Hbond substituents is 1. The Hall–Kier alpha value is -4.12. The van der Waals surface area contributed by atoms with Gasteiger partial charge in [0.25, 0.3) is 0 Å². The third-order valence-corrected chi connectivity index (χ3v) is 14.8. The van der Waals surface area contributed by atoms with Crippen LogP contribution >= 0.6 is 0 Å². The summed E-state index contributed by atoms with van der Waals surface area (Å²) < 4.78 is 68.6. The van der Waals surface area contributed by atoms with Gasteiger partial charge >= 0.3 is 6.01 Å². The minimum absolute atomic E-state index is 0.0142. The number of halogens is 2. The van der Waals surface area contributed by atoms with E-state index in [0.29, 0.717) is 73.1 Å². The number of hydrogen-bond acceptors (Lipinski definition) is 10. The molecule has 4 aromatic rings. The molecule has 5 heterocycles. The van der Waals surface area contributed by atoms with Crippen LogP contribution in [0.4, 0.5) is 14.6 Å². The molecule has 54 heavy (non-hydrogen) atoms. The van der Waals surface area contributed by atoms with E-state index >= 15 is 4.39 Å². The third-order valence-electron chi connectivity index (χ3n) is 13.1. The minimum Gasteiger partial charge on any atom is -0.508 e. The zero-order valence-corrected chi connectivity index (χ0v) is 31.1. The van der Waals surface area contributed by atoms with Crippen molar-refractivity contribution in [2.24, 2.45) is 10.8 Å². The van der Waals surface area contributed by atoms with E-state index in [1.54, 1.807) is 0 Å². The number of terminal acetylenes is 1. The van der Waals surface area contributed by atoms with Crippen molar-refractivity contribution in [1.29, 1.82) is 0 Å². The molecule has 0 bridgehead atoms. The number of anilines is 1. The smallest absolute Gasteiger partial charge is 0.319 e. The molecule has 2 saturated carbocycles. The molecular weight excluding hydrogens is 713 g/mol. The number of nitrogens with zero attached hydrogens (tertiary/aromatic N) is 5. The molecule has 9 rings (SSSR count). The molecule has 5 fully saturated rings. The van der Waals surface area contributed by atoms with Gasteiger partial charge < -0.3 is 19.5 Å². The van der Waals surface area contributed by atoms with Gasteiger partial charge in [-0.1, -0.05) is 18.4 Å². The fraction of sp³-hybridized carbons (Fsp3) is 0.537. The van der Waals surface area contributed by atoms with Crippen molar-refractivity contribution in [1.82, 2.24) is 19.9 Å². The summed E-state index contributed by atoms with van der Waals surface area (Å²) in [4.78, 5) is 18.9. The highest BCUT2D eigenvalue weighted by Gasteiger charge is 2.55. The van der Waals surface area contributed by atoms with Crippen LogP contribution in [0, 0.1) is 34.8 Å². The molecule has 2 aromatic heterocycles. The predicted molar refractivity (Wildman–Crippen MR) is 202 cm³/mol. The van der Waals surface area contributed by atoms with Crippen LogP contribution in [0.5, 0.6) is 11.8 Å². The van der Waals surface area contributed by atoms with Gasteiger partial charge in [0, 0.05) is 54.3 Å². The van der Waals surface area contributed by atoms with Crippen LogP contribution in [0.15, 0.2) is 30.5 Å². The lowest BCUT2D eigenvalue weighted by Crippen LogP contribution is -2.61. The second kappa shape index (κ2) is 13.6. The Morgan fingerprint density at radius 3 is 2.65 bits per heavy atom. The fourth-order valence-corrected chi connectivity index (χ4v) is 12.1. The normalized spacial score (nSPS) is 25.6. The molecule has 2 aliphatic carbocycles. The summed E-state index contributed by atoms with van der Waals surface area (Å²) in [5.41, 5.74) is 0.0793. The SMILES string of the molecule is C#Cc1c(F)ccc2cc(O)cc(-c3ncc4c(N5CCCOCC5)nc(OC[C@]56CCC[C@H]5N(C5CC7(CCS(=O)(=O)CC7)C5)CCC6)nc4c3F)c12. The first-order valence-electron chi connectivity index (χ1n) is 19.3. The van der Waals surface area contributed by atoms with Gasteiger partial charge in [-0.3, -0.25) is 9.88 Å². The Morgan fingerprint density at radius 2 is 1.83 bits per heavy atom. The van der Waals surface area contributed by atoms with Crippen molar-refractivity contribution in [3.63, 3.8) is 0 Å². The van der Waals surface area contributed by atoms with Gasteiger partial charge in [0.2, 0.25) is 0 Å². The molecule has 284 valence electrons. The van der Waals surface area contributed by atoms with Gasteiger partial charge in [-0.2, -0.15) is 9.97 Å². The lowest BCUT2D eigenvalue weighted by molar-refractivity contribution is -0.0832. The number of rotatable bonds is 6. The summed E-state index contributed by atoms with van der Waals surface area (Å²) >= 11 is 0. The number of aromatic nitrogens is 3. The standard InChI is InChI=1S/C41H45F2N5O5S/c1-2-29-32(42)8-7-26-20-28(49)21-30(34(26)29)36-35(43)37-31(24-44-36)38(47-13-5-16-52-17-15-47)46-39(45-37)53-25-41-9-3-6-33(41)48(14-4-10-41)27-22-40(23-27)11-18-54(50,51)19-12-40/h1,7-8,20-21,24,27,33,49H,3-6,9-19,22-23,25H2/t33-,41-/m1/s1. The fourth-order valence-electron chi connectivity index (χ4n) is 10.4. The average molecular weight is 758 g/mol. The quantitative estimate of drug-likeness (QED) is 0.221. The number of fused-ring (bicyclic) bond motifs is 3. The van der Waals surface area contributed by atoms with Crippen molar-refractivity contribution in [3.05, 3.63) is 47.7 Å². The Balaban J connectivity index is 1.06. The zero-order valence-electron chi connectivity index (χ0n) is 30.3. The number of hydrogen-bond donors (Lipinski definition) is 1. The molecule has 10 nitrogen and oxygen atoms in total. The molecule has 1 N–H and O–H groups in total. The molecule has 3 aliphatic heterocycles. The molecule has 2 atom stereocenters. The maximum atomic E-state index is 17.0. The number of aromatic hydroxyl groups is 1. The van der Waals surface area contributed by atoms with Crippen LogP contribution in [0.3, 0.4) is 0 Å². The van der Waals surface area contributed by atoms with E-state index in [-0.39, 0.29) is 50.3 Å². The lowest BCUT2D eigenvalue weighted by Gasteiger charge is -2.58. The first kappa shape index (κ1) is 35.6. The van der Waals surface area contributed by atoms with Crippen LogP contribution in [0.1, 0.15) is 69.8 Å². The summed E-state index contributed by atoms with van der Waals surface area (Å²) in [5, 5.41) is 11.8. The first-order valence-corrected chi connectivity index (χ1v) is 21.1. The number of phenols is 1. The highest BCUT2D eigenvalue weighted by atomic mass is 32.2. The van der Waals surface area contributed by atoms with Crippen molar-refractivity contribution in [3.8, 4) is 35.4 Å². The van der Waals surface area contributed by atoms with Crippen molar-refractivity contribution in [2.75, 3.05) is 55.9 Å². The second-order valence-electron chi connectivity index (χ2n) is 16.2. The van der Waals surface area contributed by atoms with Gasteiger partial charge in [-0.05, 0) is 93.3 Å². The summed E-state index contributed by atoms with van der Waals surface area (Å²) in [5.74, 6) is 2.01. The largest absolute Gasteiger partial charge is 0.508 e. The maximum absolute atomic E-state index is 17.0. The van der Waals surface area contributed by atoms with Gasteiger partial charge in [0.15, 0.2) is 5.82 Å². The van der Waals surface area contributed by atoms with Crippen LogP contribution in [0.2, 0.25) is 0 Å². The number of sulfone groups is 1. The summed E-state index contributed by atoms with van der Waals surface area (Å²) in [6, 6.07) is 6.42. The molecule has 0 amide bonds. The summed E-state index contributed by atoms with van der Waals surface area (Å²) in [6.45, 7) is 3.73. The second-order valence-corrected chi connectivity index (χ2v) is 18.5. The van der Waals surface area contributed by atoms with Crippen LogP contribution in [0.25, 0.3) is 32.9 Å². The molecule has 2 aromatic carbocycles. The average Bonchev–Trinajstić information content (AvgIpc) is 3.40. The number of piperidine rings is 1. The van der Waals surface area contributed by atoms with Crippen LogP contribution < -0.4 is 9.64 Å². The number of likely N-dealkylation sites (tertiary alicyclic amines) is 1. The number of benzene rings is 2. The molecule has 3 saturated heterocycles. The van der Waals surface area contributed by atoms with Gasteiger partial charge in [0.05, 0.1) is 35.7 Å². The molecule has 0 unspecified atom stereocenters. The van der Waals surface area contributed by atoms with Crippen molar-refractivity contribution >= 4 is 37.3 Å². The highest BCUT2D eigenvalue weighted by Crippen LogP contribution is 2.56. The first-order chi connectivity index (χ1) is 26.1. The van der Waals surface area contributed by atoms with Gasteiger partial charge in [-0.15, -0.1) is 6.42 Å². The molecule has 5 aliphatic rings. The predicted octanol–water partition coefficient (Wildman–Crippen LogP) is 6.41. The van der Waals surface area contributed by atoms with E-state index in [9.17, 15) is 17.9 Å². The monoisotopic (exact) mass is 757 g/mol. The Bertz CT molecular complexity index is 2270. The molecular formula is C41H45F2N5O5S. The summed E-state index contributed by atoms with van der Waals surface area (Å²) in [7, 11) is -2.90. The van der Waals surface area contributed by atoms with E-state index in [2.05, 4.69) is 20.7 Å². The molecule has 13 heteroatoms. The van der Waals surface area contributed by atoms with Gasteiger partial charge in [0.1, 0.15) is 38.4 Å². The lowest BCUT2D eigenvalue weighted by atomic mass is 9.60. The molecule has 1 spiro atoms. The zero-order chi connectivity index (χ0) is 37.2. The van der Waals surface area contributed by atoms with E-state index in [0.717, 1.165) is 70.8 Å². The highest BCUT2D eigenvalue weighted by molar-refractivity contribution is 7.91. The van der Waals surface area contributed by atoms with Crippen molar-refractivity contribution < 1.29 is 31.8 Å². The molecule has 0 radical (unpaired) electrons. The summed E-state index contributed by atoms with van der Waals surface area (Å²) in [6.07, 6.45) is 17.0. The van der Waals surface area contributed by atoms with Crippen LogP contribution in [-0.2, 0) is 14.6 Å².